The molecule has 0 aromatic carbocycles. The minimum absolute atomic E-state index is 0.505. The lowest BCUT2D eigenvalue weighted by Gasteiger charge is -2.06. The molecular weight excluding hydrogens is 248 g/mol. The number of hydrogen-bond donors (Lipinski definition) is 1. The van der Waals surface area contributed by atoms with Gasteiger partial charge in [0.2, 0.25) is 0 Å². The van der Waals surface area contributed by atoms with Crippen LogP contribution in [0.2, 0.25) is 0 Å². The van der Waals surface area contributed by atoms with Gasteiger partial charge in [0.25, 0.3) is 0 Å². The van der Waals surface area contributed by atoms with Crippen molar-refractivity contribution < 1.29 is 0 Å². The van der Waals surface area contributed by atoms with Crippen LogP contribution < -0.4 is 5.73 Å². The van der Waals surface area contributed by atoms with Gasteiger partial charge in [-0.1, -0.05) is 6.92 Å². The van der Waals surface area contributed by atoms with Crippen LogP contribution in [0.25, 0.3) is 0 Å². The molecule has 0 saturated heterocycles. The Hall–Kier alpha value is -0.0600. The van der Waals surface area contributed by atoms with Crippen molar-refractivity contribution in [3.05, 3.63) is 28.5 Å². The fourth-order valence-electron chi connectivity index (χ4n) is 0.788. The van der Waals surface area contributed by atoms with Gasteiger partial charge in [-0.05, 0) is 28.1 Å². The maximum Gasteiger partial charge on any atom is 0.0503 e. The smallest absolute Gasteiger partial charge is 0.0503 e. The van der Waals surface area contributed by atoms with Gasteiger partial charge in [0.15, 0.2) is 0 Å². The average Bonchev–Trinajstić information content (AvgIpc) is 2.16. The second-order valence-corrected chi connectivity index (χ2v) is 5.17. The lowest BCUT2D eigenvalue weighted by molar-refractivity contribution is 0.949. The van der Waals surface area contributed by atoms with E-state index < -0.39 is 0 Å². The number of halogens is 1. The van der Waals surface area contributed by atoms with Crippen LogP contribution in [0.15, 0.2) is 22.8 Å². The summed E-state index contributed by atoms with van der Waals surface area (Å²) in [6.45, 7) is 2.85. The van der Waals surface area contributed by atoms with Crippen LogP contribution in [-0.4, -0.2) is 16.8 Å². The third-order valence-electron chi connectivity index (χ3n) is 1.64. The summed E-state index contributed by atoms with van der Waals surface area (Å²) in [5.41, 5.74) is 6.62. The van der Waals surface area contributed by atoms with Gasteiger partial charge in [-0.2, -0.15) is 11.8 Å². The summed E-state index contributed by atoms with van der Waals surface area (Å²) in [6.07, 6.45) is 1.82. The molecule has 0 aliphatic carbocycles. The number of rotatable bonds is 4. The fourth-order valence-corrected chi connectivity index (χ4v) is 1.78. The number of nitrogens with zero attached hydrogens (tertiary/aromatic N) is 1. The molecule has 0 saturated carbocycles. The maximum absolute atomic E-state index is 5.51. The molecule has 1 aromatic heterocycles. The second-order valence-electron chi connectivity index (χ2n) is 2.83. The molecular formula is C9H13BrN2S. The number of aromatic nitrogens is 1. The van der Waals surface area contributed by atoms with E-state index in [1.165, 1.54) is 0 Å². The number of hydrogen-bond acceptors (Lipinski definition) is 3. The molecule has 2 N–H and O–H groups in total. The topological polar surface area (TPSA) is 38.9 Å². The Balaban J connectivity index is 2.41. The molecule has 0 amide bonds. The van der Waals surface area contributed by atoms with Gasteiger partial charge in [-0.25, -0.2) is 0 Å². The summed E-state index contributed by atoms with van der Waals surface area (Å²) in [6, 6.07) is 4.04. The average molecular weight is 261 g/mol. The lowest BCUT2D eigenvalue weighted by atomic mass is 10.4. The Kier molecular flexibility index (Phi) is 4.77. The predicted octanol–water partition coefficient (Wildman–Crippen LogP) is 2.42. The number of pyridine rings is 1. The molecule has 1 unspecified atom stereocenters. The van der Waals surface area contributed by atoms with E-state index in [1.807, 2.05) is 30.1 Å². The van der Waals surface area contributed by atoms with Gasteiger partial charge in [0.1, 0.15) is 0 Å². The summed E-state index contributed by atoms with van der Waals surface area (Å²) in [7, 11) is 0. The van der Waals surface area contributed by atoms with Gasteiger partial charge in [0, 0.05) is 28.2 Å². The largest absolute Gasteiger partial charge is 0.329 e. The molecule has 0 spiro atoms. The van der Waals surface area contributed by atoms with E-state index in [4.69, 9.17) is 5.73 Å². The van der Waals surface area contributed by atoms with Crippen molar-refractivity contribution in [1.29, 1.82) is 0 Å². The molecule has 0 aliphatic heterocycles. The molecule has 72 valence electrons. The van der Waals surface area contributed by atoms with Crippen molar-refractivity contribution in [2.75, 3.05) is 6.54 Å². The monoisotopic (exact) mass is 260 g/mol. The van der Waals surface area contributed by atoms with Gasteiger partial charge < -0.3 is 5.73 Å². The molecule has 1 aromatic rings. The fraction of sp³-hybridized carbons (Fsp3) is 0.444. The van der Waals surface area contributed by atoms with Crippen molar-refractivity contribution in [2.45, 2.75) is 17.9 Å². The third kappa shape index (κ3) is 4.11. The lowest BCUT2D eigenvalue weighted by Crippen LogP contribution is -2.12. The first-order valence-electron chi connectivity index (χ1n) is 4.14. The Labute approximate surface area is 91.4 Å². The van der Waals surface area contributed by atoms with Crippen molar-refractivity contribution in [2.24, 2.45) is 5.73 Å². The third-order valence-corrected chi connectivity index (χ3v) is 3.33. The van der Waals surface area contributed by atoms with Gasteiger partial charge in [-0.3, -0.25) is 4.98 Å². The highest BCUT2D eigenvalue weighted by Gasteiger charge is 2.00. The van der Waals surface area contributed by atoms with Crippen molar-refractivity contribution in [1.82, 2.24) is 4.98 Å². The SMILES string of the molecule is CC(CN)SCc1ccc(Br)cn1. The van der Waals surface area contributed by atoms with Crippen LogP contribution >= 0.6 is 27.7 Å². The van der Waals surface area contributed by atoms with E-state index in [-0.39, 0.29) is 0 Å². The van der Waals surface area contributed by atoms with Crippen LogP contribution in [0.4, 0.5) is 0 Å². The second kappa shape index (κ2) is 5.62. The molecule has 1 rings (SSSR count). The molecule has 0 bridgehead atoms. The van der Waals surface area contributed by atoms with Crippen LogP contribution in [0.3, 0.4) is 0 Å². The predicted molar refractivity (Wildman–Crippen MR) is 61.7 cm³/mol. The van der Waals surface area contributed by atoms with Crippen molar-refractivity contribution in [3.63, 3.8) is 0 Å². The molecule has 1 heterocycles. The first-order chi connectivity index (χ1) is 6.22. The van der Waals surface area contributed by atoms with Crippen molar-refractivity contribution in [3.8, 4) is 0 Å². The van der Waals surface area contributed by atoms with Gasteiger partial charge >= 0.3 is 0 Å². The Morgan fingerprint density at radius 2 is 2.38 bits per heavy atom. The highest BCUT2D eigenvalue weighted by molar-refractivity contribution is 9.10. The van der Waals surface area contributed by atoms with E-state index >= 15 is 0 Å². The first-order valence-corrected chi connectivity index (χ1v) is 5.98. The van der Waals surface area contributed by atoms with E-state index in [1.54, 1.807) is 0 Å². The zero-order valence-electron chi connectivity index (χ0n) is 7.53. The molecule has 1 atom stereocenters. The molecule has 0 radical (unpaired) electrons. The zero-order chi connectivity index (χ0) is 9.68. The highest BCUT2D eigenvalue weighted by Crippen LogP contribution is 2.16. The molecule has 13 heavy (non-hydrogen) atoms. The normalized spacial score (nSPS) is 12.8. The minimum atomic E-state index is 0.505. The zero-order valence-corrected chi connectivity index (χ0v) is 9.94. The van der Waals surface area contributed by atoms with Gasteiger partial charge in [0.05, 0.1) is 5.69 Å². The maximum atomic E-state index is 5.51. The Bertz CT molecular complexity index is 250. The summed E-state index contributed by atoms with van der Waals surface area (Å²) < 4.78 is 1.02. The van der Waals surface area contributed by atoms with Crippen LogP contribution in [0.5, 0.6) is 0 Å². The quantitative estimate of drug-likeness (QED) is 0.904. The summed E-state index contributed by atoms with van der Waals surface area (Å²) in [5, 5.41) is 0.505. The standard InChI is InChI=1S/C9H13BrN2S/c1-7(4-11)13-6-9-3-2-8(10)5-12-9/h2-3,5,7H,4,6,11H2,1H3. The van der Waals surface area contributed by atoms with E-state index in [0.717, 1.165) is 22.5 Å². The number of thioether (sulfide) groups is 1. The highest BCUT2D eigenvalue weighted by atomic mass is 79.9. The number of nitrogens with two attached hydrogens (primary N) is 1. The van der Waals surface area contributed by atoms with Crippen LogP contribution in [0, 0.1) is 0 Å². The van der Waals surface area contributed by atoms with E-state index in [9.17, 15) is 0 Å². The Morgan fingerprint density at radius 3 is 2.92 bits per heavy atom. The van der Waals surface area contributed by atoms with Gasteiger partial charge in [-0.15, -0.1) is 0 Å². The first kappa shape index (κ1) is 11.0. The van der Waals surface area contributed by atoms with Crippen LogP contribution in [-0.2, 0) is 5.75 Å². The minimum Gasteiger partial charge on any atom is -0.329 e. The summed E-state index contributed by atoms with van der Waals surface area (Å²) in [5.74, 6) is 0.936. The van der Waals surface area contributed by atoms with E-state index in [2.05, 4.69) is 27.8 Å². The van der Waals surface area contributed by atoms with E-state index in [0.29, 0.717) is 5.25 Å². The molecule has 2 nitrogen and oxygen atoms in total. The summed E-state index contributed by atoms with van der Waals surface area (Å²) >= 11 is 5.18. The molecule has 0 aliphatic rings. The van der Waals surface area contributed by atoms with Crippen molar-refractivity contribution >= 4 is 27.7 Å². The Morgan fingerprint density at radius 1 is 1.62 bits per heavy atom. The molecule has 0 fully saturated rings. The summed E-state index contributed by atoms with van der Waals surface area (Å²) in [4.78, 5) is 4.28. The van der Waals surface area contributed by atoms with Crippen LogP contribution in [0.1, 0.15) is 12.6 Å². The molecule has 4 heteroatoms.